The lowest BCUT2D eigenvalue weighted by Gasteiger charge is -2.30. The van der Waals surface area contributed by atoms with E-state index in [0.29, 0.717) is 65.2 Å². The number of allylic oxidation sites excluding steroid dienone is 1. The van der Waals surface area contributed by atoms with Crippen LogP contribution in [-0.4, -0.2) is 88.7 Å². The van der Waals surface area contributed by atoms with E-state index in [2.05, 4.69) is 20.3 Å². The smallest absolute Gasteiger partial charge is 0.408 e. The van der Waals surface area contributed by atoms with Gasteiger partial charge in [0, 0.05) is 35.4 Å². The Bertz CT molecular complexity index is 2370. The molecule has 0 unspecified atom stereocenters. The summed E-state index contributed by atoms with van der Waals surface area (Å²) in [5, 5.41) is 8.41. The summed E-state index contributed by atoms with van der Waals surface area (Å²) in [6.45, 7) is -0.0258. The van der Waals surface area contributed by atoms with E-state index in [4.69, 9.17) is 18.9 Å². The van der Waals surface area contributed by atoms with E-state index in [1.165, 1.54) is 16.2 Å². The first kappa shape index (κ1) is 38.5. The molecule has 9 rings (SSSR count). The molecule has 3 N–H and O–H groups in total. The second kappa shape index (κ2) is 15.6. The molecular formula is C41H46N6O9S2. The van der Waals surface area contributed by atoms with Crippen LogP contribution in [0.1, 0.15) is 83.5 Å². The maximum atomic E-state index is 14.7. The lowest BCUT2D eigenvalue weighted by molar-refractivity contribution is -0.141. The van der Waals surface area contributed by atoms with Crippen LogP contribution in [0, 0.1) is 5.92 Å². The fraction of sp³-hybridized carbons (Fsp3) is 0.512. The molecule has 2 aliphatic heterocycles. The quantitative estimate of drug-likeness (QED) is 0.190. The number of thiazole rings is 1. The number of nitrogens with one attached hydrogen (secondary N) is 3. The number of pyridine rings is 1. The molecule has 3 aromatic heterocycles. The van der Waals surface area contributed by atoms with Crippen LogP contribution >= 0.6 is 11.3 Å². The minimum absolute atomic E-state index is 0.0258. The zero-order chi connectivity index (χ0) is 40.0. The van der Waals surface area contributed by atoms with Crippen LogP contribution in [-0.2, 0) is 29.1 Å². The fourth-order valence-corrected chi connectivity index (χ4v) is 10.5. The molecule has 4 aromatic rings. The average Bonchev–Trinajstić information content (AvgIpc) is 3.81. The summed E-state index contributed by atoms with van der Waals surface area (Å²) in [5.74, 6) is -1.96. The van der Waals surface area contributed by atoms with E-state index in [0.717, 1.165) is 43.9 Å². The van der Waals surface area contributed by atoms with Crippen molar-refractivity contribution in [3.63, 3.8) is 0 Å². The van der Waals surface area contributed by atoms with E-state index in [1.54, 1.807) is 12.3 Å². The number of hydrogen-bond donors (Lipinski definition) is 3. The summed E-state index contributed by atoms with van der Waals surface area (Å²) in [7, 11) is -3.90. The summed E-state index contributed by atoms with van der Waals surface area (Å²) < 4.78 is 46.8. The first-order valence-electron chi connectivity index (χ1n) is 20.3. The minimum Gasteiger partial charge on any atom is -0.484 e. The number of fused-ring (bicyclic) bond motifs is 5. The SMILES string of the molecule is O=C(N[C@H]1CCCCC/C=C\[C@@H]2C[C@@]2(C(=O)NS(=O)(=O)C2CC2)NC(=O)[C@@H]2C[C@@H](Oc3cc(-c4nccs4)nc4c3oc3ccccc34)CN2C1=O)OC1CCCC1. The number of carbonyl (C=O) groups excluding carboxylic acids is 4. The maximum absolute atomic E-state index is 14.7. The van der Waals surface area contributed by atoms with E-state index < -0.39 is 68.7 Å². The Kier molecular flexibility index (Phi) is 10.4. The Morgan fingerprint density at radius 3 is 2.62 bits per heavy atom. The van der Waals surface area contributed by atoms with Gasteiger partial charge in [-0.15, -0.1) is 11.3 Å². The number of alkyl carbamates (subject to hydrolysis) is 1. The number of hydrogen-bond acceptors (Lipinski definition) is 12. The highest BCUT2D eigenvalue weighted by Crippen LogP contribution is 2.46. The van der Waals surface area contributed by atoms with Crippen molar-refractivity contribution in [1.29, 1.82) is 0 Å². The lowest BCUT2D eigenvalue weighted by Crippen LogP contribution is -2.58. The van der Waals surface area contributed by atoms with Crippen LogP contribution < -0.4 is 20.1 Å². The second-order valence-electron chi connectivity index (χ2n) is 16.1. The Morgan fingerprint density at radius 2 is 1.83 bits per heavy atom. The van der Waals surface area contributed by atoms with Crippen LogP contribution in [0.15, 0.2) is 58.5 Å². The molecule has 1 aromatic carbocycles. The highest BCUT2D eigenvalue weighted by Gasteiger charge is 2.62. The molecule has 3 saturated carbocycles. The van der Waals surface area contributed by atoms with Gasteiger partial charge in [-0.1, -0.05) is 37.1 Å². The molecule has 1 saturated heterocycles. The number of furan rings is 1. The molecule has 0 bridgehead atoms. The van der Waals surface area contributed by atoms with Gasteiger partial charge in [-0.05, 0) is 76.3 Å². The average molecular weight is 831 g/mol. The molecular weight excluding hydrogens is 785 g/mol. The molecule has 15 nitrogen and oxygen atoms in total. The minimum atomic E-state index is -3.90. The van der Waals surface area contributed by atoms with Crippen molar-refractivity contribution in [3.8, 4) is 16.5 Å². The second-order valence-corrected chi connectivity index (χ2v) is 19.0. The summed E-state index contributed by atoms with van der Waals surface area (Å²) in [5.41, 5.74) is 0.638. The standard InChI is InChI=1S/C41H46N6O9S2/c48-36-31-20-26(54-33-21-30(37-42-18-19-57-37)43-34-28-13-8-9-15-32(28)56-35(33)34)23-47(31)38(49)29(44-40(51)55-25-11-6-7-12-25)14-5-3-1-2-4-10-24-22-41(24,45-36)39(50)46-58(52,53)27-16-17-27/h4,8-10,13,15,18-19,21,24-27,29,31H,1-3,5-7,11-12,14,16-17,20,22-23H2,(H,44,51)(H,45,48)(H,46,50)/b10-4-/t24-,26-,29+,31+,41-/m1/s1. The van der Waals surface area contributed by atoms with E-state index in [-0.39, 0.29) is 25.5 Å². The van der Waals surface area contributed by atoms with Gasteiger partial charge < -0.3 is 29.4 Å². The normalized spacial score (nSPS) is 27.6. The summed E-state index contributed by atoms with van der Waals surface area (Å²) in [6.07, 6.45) is 11.8. The Balaban J connectivity index is 1.04. The Labute approximate surface area is 339 Å². The van der Waals surface area contributed by atoms with Crippen LogP contribution in [0.4, 0.5) is 4.79 Å². The number of aromatic nitrogens is 2. The monoisotopic (exact) mass is 830 g/mol. The van der Waals surface area contributed by atoms with Gasteiger partial charge in [0.05, 0.1) is 11.8 Å². The van der Waals surface area contributed by atoms with Crippen molar-refractivity contribution in [2.45, 2.75) is 119 Å². The number of para-hydroxylation sites is 1. The number of rotatable bonds is 8. The van der Waals surface area contributed by atoms with Crippen molar-refractivity contribution >= 4 is 67.2 Å². The van der Waals surface area contributed by atoms with Crippen molar-refractivity contribution in [2.75, 3.05) is 6.54 Å². The predicted molar refractivity (Wildman–Crippen MR) is 214 cm³/mol. The van der Waals surface area contributed by atoms with Crippen LogP contribution in [0.25, 0.3) is 32.8 Å². The number of amides is 4. The molecule has 4 amide bonds. The molecule has 5 heterocycles. The molecule has 0 spiro atoms. The molecule has 17 heteroatoms. The third kappa shape index (κ3) is 7.77. The van der Waals surface area contributed by atoms with Gasteiger partial charge in [0.15, 0.2) is 11.3 Å². The van der Waals surface area contributed by atoms with E-state index in [1.807, 2.05) is 41.8 Å². The van der Waals surface area contributed by atoms with E-state index >= 15 is 0 Å². The van der Waals surface area contributed by atoms with Crippen LogP contribution in [0.2, 0.25) is 0 Å². The van der Waals surface area contributed by atoms with Gasteiger partial charge >= 0.3 is 6.09 Å². The van der Waals surface area contributed by atoms with Crippen molar-refractivity contribution in [3.05, 3.63) is 54.1 Å². The van der Waals surface area contributed by atoms with E-state index in [9.17, 15) is 27.6 Å². The lowest BCUT2D eigenvalue weighted by atomic mass is 10.0. The summed E-state index contributed by atoms with van der Waals surface area (Å²) in [4.78, 5) is 67.1. The Morgan fingerprint density at radius 1 is 1.02 bits per heavy atom. The molecule has 306 valence electrons. The van der Waals surface area contributed by atoms with Gasteiger partial charge in [0.25, 0.3) is 5.91 Å². The maximum Gasteiger partial charge on any atom is 0.408 e. The third-order valence-electron chi connectivity index (χ3n) is 11.9. The molecule has 4 fully saturated rings. The van der Waals surface area contributed by atoms with Gasteiger partial charge in [-0.2, -0.15) is 0 Å². The molecule has 5 atom stereocenters. The first-order valence-corrected chi connectivity index (χ1v) is 22.7. The zero-order valence-corrected chi connectivity index (χ0v) is 33.5. The number of carbonyl (C=O) groups is 4. The number of nitrogens with zero attached hydrogens (tertiary/aromatic N) is 3. The van der Waals surface area contributed by atoms with Crippen LogP contribution in [0.3, 0.4) is 0 Å². The Hall–Kier alpha value is -5.03. The molecule has 3 aliphatic carbocycles. The molecule has 5 aliphatic rings. The van der Waals surface area contributed by atoms with Gasteiger partial charge in [0.1, 0.15) is 51.6 Å². The van der Waals surface area contributed by atoms with Crippen molar-refractivity contribution < 1.29 is 41.5 Å². The van der Waals surface area contributed by atoms with Crippen molar-refractivity contribution in [1.82, 2.24) is 30.2 Å². The van der Waals surface area contributed by atoms with Crippen LogP contribution in [0.5, 0.6) is 5.75 Å². The van der Waals surface area contributed by atoms with Crippen molar-refractivity contribution in [2.24, 2.45) is 5.92 Å². The molecule has 0 radical (unpaired) electrons. The predicted octanol–water partition coefficient (Wildman–Crippen LogP) is 5.49. The number of sulfonamides is 1. The van der Waals surface area contributed by atoms with Gasteiger partial charge in [0.2, 0.25) is 21.8 Å². The third-order valence-corrected chi connectivity index (χ3v) is 14.6. The fourth-order valence-electron chi connectivity index (χ4n) is 8.56. The highest BCUT2D eigenvalue weighted by atomic mass is 32.2. The number of benzene rings is 1. The topological polar surface area (TPSA) is 199 Å². The van der Waals surface area contributed by atoms with Gasteiger partial charge in [-0.25, -0.2) is 23.2 Å². The van der Waals surface area contributed by atoms with Gasteiger partial charge in [-0.3, -0.25) is 19.1 Å². The summed E-state index contributed by atoms with van der Waals surface area (Å²) >= 11 is 1.42. The molecule has 58 heavy (non-hydrogen) atoms. The highest BCUT2D eigenvalue weighted by molar-refractivity contribution is 7.91. The number of ether oxygens (including phenoxy) is 2. The summed E-state index contributed by atoms with van der Waals surface area (Å²) in [6, 6.07) is 7.13. The first-order chi connectivity index (χ1) is 28.1. The zero-order valence-electron chi connectivity index (χ0n) is 31.9. The largest absolute Gasteiger partial charge is 0.484 e.